The van der Waals surface area contributed by atoms with Crippen LogP contribution in [0, 0.1) is 5.41 Å². The number of hydrogen-bond donors (Lipinski definition) is 2. The monoisotopic (exact) mass is 304 g/mol. The average Bonchev–Trinajstić information content (AvgIpc) is 2.39. The number of carbonyl (C=O) groups excluding carboxylic acids is 1. The minimum absolute atomic E-state index is 0.0398. The molecule has 0 aliphatic carbocycles. The zero-order valence-electron chi connectivity index (χ0n) is 11.0. The molecule has 0 atom stereocenters. The van der Waals surface area contributed by atoms with Gasteiger partial charge in [0.1, 0.15) is 10.3 Å². The van der Waals surface area contributed by atoms with E-state index in [2.05, 4.69) is 10.3 Å². The molecule has 1 heterocycles. The summed E-state index contributed by atoms with van der Waals surface area (Å²) in [6.45, 7) is 4.43. The van der Waals surface area contributed by atoms with Crippen LogP contribution >= 0.6 is 23.2 Å². The van der Waals surface area contributed by atoms with Crippen molar-refractivity contribution >= 4 is 29.1 Å². The lowest BCUT2D eigenvalue weighted by molar-refractivity contribution is 0.0851. The zero-order chi connectivity index (χ0) is 14.5. The van der Waals surface area contributed by atoms with Gasteiger partial charge in [0.15, 0.2) is 0 Å². The van der Waals surface area contributed by atoms with Crippen molar-refractivity contribution < 1.29 is 9.90 Å². The molecule has 4 nitrogen and oxygen atoms in total. The summed E-state index contributed by atoms with van der Waals surface area (Å²) in [6.07, 6.45) is 1.58. The molecule has 1 aromatic heterocycles. The summed E-state index contributed by atoms with van der Waals surface area (Å²) in [5.74, 6) is -0.272. The van der Waals surface area contributed by atoms with E-state index in [9.17, 15) is 9.90 Å². The van der Waals surface area contributed by atoms with Crippen molar-refractivity contribution in [1.82, 2.24) is 10.3 Å². The van der Waals surface area contributed by atoms with Gasteiger partial charge in [-0.05, 0) is 25.0 Å². The summed E-state index contributed by atoms with van der Waals surface area (Å²) in [5, 5.41) is 12.6. The molecular formula is C13H18Cl2N2O2. The number of nitrogens with zero attached hydrogens (tertiary/aromatic N) is 1. The number of rotatable bonds is 6. The number of nitrogens with one attached hydrogen (secondary N) is 1. The molecule has 1 amide bonds. The molecule has 0 aliphatic heterocycles. The van der Waals surface area contributed by atoms with Gasteiger partial charge >= 0.3 is 0 Å². The average molecular weight is 305 g/mol. The molecule has 0 unspecified atom stereocenters. The second-order valence-corrected chi connectivity index (χ2v) is 5.32. The third-order valence-corrected chi connectivity index (χ3v) is 3.87. The molecular weight excluding hydrogens is 287 g/mol. The minimum Gasteiger partial charge on any atom is -0.396 e. The molecule has 0 spiro atoms. The third kappa shape index (κ3) is 4.34. The molecule has 0 fully saturated rings. The molecule has 2 N–H and O–H groups in total. The van der Waals surface area contributed by atoms with Gasteiger partial charge in [0.25, 0.3) is 5.91 Å². The maximum absolute atomic E-state index is 12.0. The molecule has 0 radical (unpaired) electrons. The second-order valence-electron chi connectivity index (χ2n) is 4.55. The Morgan fingerprint density at radius 2 is 1.84 bits per heavy atom. The first-order valence-corrected chi connectivity index (χ1v) is 6.94. The van der Waals surface area contributed by atoms with Crippen LogP contribution in [0.3, 0.4) is 0 Å². The lowest BCUT2D eigenvalue weighted by Crippen LogP contribution is -2.39. The Balaban J connectivity index is 2.74. The second kappa shape index (κ2) is 7.08. The van der Waals surface area contributed by atoms with E-state index in [4.69, 9.17) is 23.2 Å². The zero-order valence-corrected chi connectivity index (χ0v) is 12.6. The molecule has 19 heavy (non-hydrogen) atoms. The van der Waals surface area contributed by atoms with Crippen molar-refractivity contribution in [1.29, 1.82) is 0 Å². The fourth-order valence-electron chi connectivity index (χ4n) is 1.75. The van der Waals surface area contributed by atoms with Gasteiger partial charge in [-0.25, -0.2) is 4.98 Å². The summed E-state index contributed by atoms with van der Waals surface area (Å²) < 4.78 is 0. The highest BCUT2D eigenvalue weighted by molar-refractivity contribution is 6.33. The van der Waals surface area contributed by atoms with E-state index in [1.165, 1.54) is 12.1 Å². The topological polar surface area (TPSA) is 62.2 Å². The van der Waals surface area contributed by atoms with Crippen LogP contribution in [-0.4, -0.2) is 29.1 Å². The van der Waals surface area contributed by atoms with Crippen LogP contribution in [0.4, 0.5) is 0 Å². The Morgan fingerprint density at radius 1 is 1.32 bits per heavy atom. The first-order valence-electron chi connectivity index (χ1n) is 6.18. The maximum atomic E-state index is 12.0. The maximum Gasteiger partial charge on any atom is 0.251 e. The molecule has 1 rings (SSSR count). The number of carbonyl (C=O) groups is 1. The van der Waals surface area contributed by atoms with E-state index >= 15 is 0 Å². The standard InChI is InChI=1S/C13H18Cl2N2O2/c1-3-13(4-2,8-18)7-16-12(19)9-5-10(14)17-11(15)6-9/h5-6,18H,3-4,7-8H2,1-2H3,(H,16,19). The van der Waals surface area contributed by atoms with Crippen LogP contribution in [0.5, 0.6) is 0 Å². The van der Waals surface area contributed by atoms with Gasteiger partial charge in [-0.2, -0.15) is 0 Å². The van der Waals surface area contributed by atoms with E-state index in [0.717, 1.165) is 12.8 Å². The van der Waals surface area contributed by atoms with Crippen molar-refractivity contribution in [2.24, 2.45) is 5.41 Å². The summed E-state index contributed by atoms with van der Waals surface area (Å²) in [4.78, 5) is 15.8. The lowest BCUT2D eigenvalue weighted by Gasteiger charge is -2.29. The van der Waals surface area contributed by atoms with Crippen LogP contribution in [0.25, 0.3) is 0 Å². The van der Waals surface area contributed by atoms with Crippen molar-refractivity contribution in [3.63, 3.8) is 0 Å². The summed E-state index contributed by atoms with van der Waals surface area (Å²) in [5.41, 5.74) is 0.0834. The Labute approximate surface area is 123 Å². The van der Waals surface area contributed by atoms with E-state index < -0.39 is 0 Å². The Morgan fingerprint density at radius 3 is 2.26 bits per heavy atom. The van der Waals surface area contributed by atoms with Gasteiger partial charge in [0.05, 0.1) is 6.61 Å². The predicted octanol–water partition coefficient (Wildman–Crippen LogP) is 2.92. The summed E-state index contributed by atoms with van der Waals surface area (Å²) in [7, 11) is 0. The van der Waals surface area contributed by atoms with Crippen LogP contribution < -0.4 is 5.32 Å². The molecule has 0 bridgehead atoms. The van der Waals surface area contributed by atoms with Crippen LogP contribution in [0.1, 0.15) is 37.0 Å². The van der Waals surface area contributed by atoms with Crippen molar-refractivity contribution in [3.8, 4) is 0 Å². The Hall–Kier alpha value is -0.840. The number of pyridine rings is 1. The normalized spacial score (nSPS) is 11.4. The van der Waals surface area contributed by atoms with Crippen molar-refractivity contribution in [2.45, 2.75) is 26.7 Å². The van der Waals surface area contributed by atoms with E-state index in [1.54, 1.807) is 0 Å². The molecule has 6 heteroatoms. The predicted molar refractivity (Wildman–Crippen MR) is 76.7 cm³/mol. The molecule has 0 saturated heterocycles. The highest BCUT2D eigenvalue weighted by Gasteiger charge is 2.26. The van der Waals surface area contributed by atoms with E-state index in [-0.39, 0.29) is 28.2 Å². The number of aliphatic hydroxyl groups excluding tert-OH is 1. The van der Waals surface area contributed by atoms with Gasteiger partial charge < -0.3 is 10.4 Å². The highest BCUT2D eigenvalue weighted by atomic mass is 35.5. The molecule has 0 saturated carbocycles. The first kappa shape index (κ1) is 16.2. The SMILES string of the molecule is CCC(CC)(CO)CNC(=O)c1cc(Cl)nc(Cl)c1. The van der Waals surface area contributed by atoms with Crippen LogP contribution in [0.2, 0.25) is 10.3 Å². The smallest absolute Gasteiger partial charge is 0.251 e. The molecule has 0 aliphatic rings. The molecule has 106 valence electrons. The first-order chi connectivity index (χ1) is 8.96. The number of aromatic nitrogens is 1. The van der Waals surface area contributed by atoms with E-state index in [1.807, 2.05) is 13.8 Å². The van der Waals surface area contributed by atoms with Crippen molar-refractivity contribution in [3.05, 3.63) is 28.0 Å². The fourth-order valence-corrected chi connectivity index (χ4v) is 2.21. The fraction of sp³-hybridized carbons (Fsp3) is 0.538. The molecule has 0 aromatic carbocycles. The number of hydrogen-bond acceptors (Lipinski definition) is 3. The van der Waals surface area contributed by atoms with Crippen molar-refractivity contribution in [2.75, 3.05) is 13.2 Å². The number of amides is 1. The van der Waals surface area contributed by atoms with E-state index in [0.29, 0.717) is 12.1 Å². The van der Waals surface area contributed by atoms with Gasteiger partial charge in [-0.1, -0.05) is 37.0 Å². The van der Waals surface area contributed by atoms with Crippen LogP contribution in [0.15, 0.2) is 12.1 Å². The summed E-state index contributed by atoms with van der Waals surface area (Å²) >= 11 is 11.5. The number of halogens is 2. The summed E-state index contributed by atoms with van der Waals surface area (Å²) in [6, 6.07) is 2.92. The Kier molecular flexibility index (Phi) is 6.04. The molecule has 1 aromatic rings. The third-order valence-electron chi connectivity index (χ3n) is 3.48. The number of aliphatic hydroxyl groups is 1. The quantitative estimate of drug-likeness (QED) is 0.794. The largest absolute Gasteiger partial charge is 0.396 e. The van der Waals surface area contributed by atoms with Crippen LogP contribution in [-0.2, 0) is 0 Å². The highest BCUT2D eigenvalue weighted by Crippen LogP contribution is 2.24. The van der Waals surface area contributed by atoms with Gasteiger partial charge in [0.2, 0.25) is 0 Å². The Bertz CT molecular complexity index is 420. The minimum atomic E-state index is -0.281. The van der Waals surface area contributed by atoms with Gasteiger partial charge in [-0.15, -0.1) is 0 Å². The lowest BCUT2D eigenvalue weighted by atomic mass is 9.83. The van der Waals surface area contributed by atoms with Gasteiger partial charge in [-0.3, -0.25) is 4.79 Å². The van der Waals surface area contributed by atoms with Gasteiger partial charge in [0, 0.05) is 17.5 Å².